The highest BCUT2D eigenvalue weighted by molar-refractivity contribution is 7.45. The van der Waals surface area contributed by atoms with Crippen LogP contribution in [0.2, 0.25) is 0 Å². The minimum atomic E-state index is -4.59. The van der Waals surface area contributed by atoms with Crippen LogP contribution in [-0.4, -0.2) is 70.0 Å². The summed E-state index contributed by atoms with van der Waals surface area (Å²) >= 11 is 0. The Morgan fingerprint density at radius 3 is 1.60 bits per heavy atom. The first-order valence-electron chi connectivity index (χ1n) is 18.9. The van der Waals surface area contributed by atoms with E-state index >= 15 is 0 Å². The number of phosphoric acid groups is 1. The van der Waals surface area contributed by atoms with E-state index < -0.39 is 32.5 Å². The molecule has 0 spiro atoms. The Hall–Kier alpha value is -1.25. The van der Waals surface area contributed by atoms with Crippen molar-refractivity contribution in [2.45, 2.75) is 168 Å². The first kappa shape index (κ1) is 45.8. The van der Waals surface area contributed by atoms with Gasteiger partial charge in [0.15, 0.2) is 6.10 Å². The number of phosphoric ester groups is 1. The number of carbonyl (C=O) groups is 2. The van der Waals surface area contributed by atoms with Gasteiger partial charge in [-0.2, -0.15) is 0 Å². The van der Waals surface area contributed by atoms with Crippen molar-refractivity contribution in [1.29, 1.82) is 0 Å². The molecule has 9 nitrogen and oxygen atoms in total. The summed E-state index contributed by atoms with van der Waals surface area (Å²) in [6.07, 6.45) is 30.6. The Kier molecular flexibility index (Phi) is 30.0. The third-order valence-corrected chi connectivity index (χ3v) is 9.05. The van der Waals surface area contributed by atoms with Crippen LogP contribution >= 0.6 is 7.82 Å². The number of hydrogen-bond donors (Lipinski definition) is 0. The van der Waals surface area contributed by atoms with Gasteiger partial charge in [-0.1, -0.05) is 129 Å². The number of allylic oxidation sites excluding steroid dienone is 2. The van der Waals surface area contributed by atoms with Gasteiger partial charge >= 0.3 is 11.9 Å². The predicted molar refractivity (Wildman–Crippen MR) is 190 cm³/mol. The summed E-state index contributed by atoms with van der Waals surface area (Å²) in [7, 11) is 1.16. The van der Waals surface area contributed by atoms with Crippen molar-refractivity contribution in [3.63, 3.8) is 0 Å². The fourth-order valence-corrected chi connectivity index (χ4v) is 5.77. The molecule has 0 amide bonds. The van der Waals surface area contributed by atoms with Crippen molar-refractivity contribution in [3.8, 4) is 0 Å². The summed E-state index contributed by atoms with van der Waals surface area (Å²) in [4.78, 5) is 36.1. The summed E-state index contributed by atoms with van der Waals surface area (Å²) in [5, 5.41) is 0. The fraction of sp³-hybridized carbons (Fsp3) is 0.892. The van der Waals surface area contributed by atoms with Gasteiger partial charge in [0.25, 0.3) is 7.82 Å². The van der Waals surface area contributed by atoms with Crippen molar-refractivity contribution < 1.29 is 42.1 Å². The van der Waals surface area contributed by atoms with E-state index in [-0.39, 0.29) is 26.1 Å². The molecule has 0 bridgehead atoms. The van der Waals surface area contributed by atoms with Crippen molar-refractivity contribution >= 4 is 19.8 Å². The van der Waals surface area contributed by atoms with E-state index in [9.17, 15) is 19.0 Å². The monoisotopic (exact) mass is 689 g/mol. The van der Waals surface area contributed by atoms with Crippen LogP contribution in [0, 0.1) is 0 Å². The predicted octanol–water partition coefficient (Wildman–Crippen LogP) is 9.22. The average molecular weight is 690 g/mol. The van der Waals surface area contributed by atoms with Crippen LogP contribution < -0.4 is 4.89 Å². The van der Waals surface area contributed by atoms with Crippen molar-refractivity contribution in [1.82, 2.24) is 0 Å². The fourth-order valence-electron chi connectivity index (χ4n) is 5.04. The molecule has 0 aromatic heterocycles. The molecule has 0 heterocycles. The molecule has 2 atom stereocenters. The van der Waals surface area contributed by atoms with Crippen LogP contribution in [0.15, 0.2) is 12.2 Å². The first-order valence-corrected chi connectivity index (χ1v) is 20.4. The molecule has 0 aliphatic rings. The number of rotatable bonds is 34. The lowest BCUT2D eigenvalue weighted by molar-refractivity contribution is -0.870. The lowest BCUT2D eigenvalue weighted by Gasteiger charge is -2.28. The third kappa shape index (κ3) is 34.4. The standard InChI is InChI=1S/C37H72NO8P/c1-6-8-9-10-11-12-13-14-15-16-17-18-19-20-21-22-23-24-25-26-27-28-29-30-37(40)46-35(33-43-36(39)7-2)34-45-47(41,42)44-32-31-38(3,4)5/h16-17,35H,6-15,18-34H2,1-5H3/b17-16-. The van der Waals surface area contributed by atoms with Gasteiger partial charge in [-0.3, -0.25) is 14.2 Å². The summed E-state index contributed by atoms with van der Waals surface area (Å²) in [5.41, 5.74) is 0. The molecule has 0 fully saturated rings. The number of esters is 2. The van der Waals surface area contributed by atoms with Gasteiger partial charge < -0.3 is 27.9 Å². The molecular weight excluding hydrogens is 617 g/mol. The molecule has 278 valence electrons. The normalized spacial score (nSPS) is 13.9. The minimum absolute atomic E-state index is 0.0307. The molecule has 0 aliphatic heterocycles. The summed E-state index contributed by atoms with van der Waals surface area (Å²) in [6.45, 7) is 3.62. The van der Waals surface area contributed by atoms with E-state index in [1.54, 1.807) is 6.92 Å². The molecule has 47 heavy (non-hydrogen) atoms. The van der Waals surface area contributed by atoms with Gasteiger partial charge in [0.05, 0.1) is 27.7 Å². The van der Waals surface area contributed by atoms with E-state index in [2.05, 4.69) is 19.1 Å². The van der Waals surface area contributed by atoms with Gasteiger partial charge in [-0.05, 0) is 32.1 Å². The second-order valence-corrected chi connectivity index (χ2v) is 15.3. The molecule has 10 heteroatoms. The molecule has 0 aromatic rings. The molecule has 2 unspecified atom stereocenters. The maximum atomic E-state index is 12.4. The number of unbranched alkanes of at least 4 members (excludes halogenated alkanes) is 19. The van der Waals surface area contributed by atoms with Crippen molar-refractivity contribution in [2.75, 3.05) is 47.5 Å². The van der Waals surface area contributed by atoms with E-state index in [1.807, 2.05) is 21.1 Å². The molecule has 0 N–H and O–H groups in total. The second-order valence-electron chi connectivity index (χ2n) is 13.9. The highest BCUT2D eigenvalue weighted by Crippen LogP contribution is 2.38. The summed E-state index contributed by atoms with van der Waals surface area (Å²) in [5.74, 6) is -0.931. The maximum Gasteiger partial charge on any atom is 0.306 e. The van der Waals surface area contributed by atoms with Crippen LogP contribution in [0.5, 0.6) is 0 Å². The Bertz CT molecular complexity index is 830. The Morgan fingerprint density at radius 2 is 1.13 bits per heavy atom. The van der Waals surface area contributed by atoms with E-state index in [4.69, 9.17) is 18.5 Å². The van der Waals surface area contributed by atoms with Crippen LogP contribution in [0.4, 0.5) is 0 Å². The average Bonchev–Trinajstić information content (AvgIpc) is 3.01. The zero-order valence-corrected chi connectivity index (χ0v) is 31.9. The molecular formula is C37H72NO8P. The first-order chi connectivity index (χ1) is 22.5. The maximum absolute atomic E-state index is 12.4. The number of quaternary nitrogens is 1. The topological polar surface area (TPSA) is 111 Å². The molecule has 0 radical (unpaired) electrons. The Labute approximate surface area is 288 Å². The quantitative estimate of drug-likeness (QED) is 0.0216. The Balaban J connectivity index is 3.84. The zero-order chi connectivity index (χ0) is 35.1. The van der Waals surface area contributed by atoms with Crippen LogP contribution in [-0.2, 0) is 32.7 Å². The smallest absolute Gasteiger partial charge is 0.306 e. The van der Waals surface area contributed by atoms with Gasteiger partial charge in [-0.15, -0.1) is 0 Å². The van der Waals surface area contributed by atoms with Gasteiger partial charge in [-0.25, -0.2) is 0 Å². The van der Waals surface area contributed by atoms with E-state index in [0.717, 1.165) is 19.3 Å². The van der Waals surface area contributed by atoms with Crippen molar-refractivity contribution in [2.24, 2.45) is 0 Å². The highest BCUT2D eigenvalue weighted by atomic mass is 31.2. The second kappa shape index (κ2) is 30.8. The lowest BCUT2D eigenvalue weighted by Crippen LogP contribution is -2.37. The number of hydrogen-bond acceptors (Lipinski definition) is 8. The third-order valence-electron chi connectivity index (χ3n) is 8.09. The number of likely N-dealkylation sites (N-methyl/N-ethyl adjacent to an activating group) is 1. The van der Waals surface area contributed by atoms with Crippen molar-refractivity contribution in [3.05, 3.63) is 12.2 Å². The minimum Gasteiger partial charge on any atom is -0.756 e. The van der Waals surface area contributed by atoms with E-state index in [0.29, 0.717) is 17.4 Å². The van der Waals surface area contributed by atoms with Gasteiger partial charge in [0.1, 0.15) is 19.8 Å². The Morgan fingerprint density at radius 1 is 0.660 bits per heavy atom. The van der Waals surface area contributed by atoms with Gasteiger partial charge in [0, 0.05) is 12.8 Å². The summed E-state index contributed by atoms with van der Waals surface area (Å²) in [6, 6.07) is 0. The highest BCUT2D eigenvalue weighted by Gasteiger charge is 2.21. The number of ether oxygens (including phenoxy) is 2. The van der Waals surface area contributed by atoms with Crippen LogP contribution in [0.1, 0.15) is 162 Å². The number of nitrogens with zero attached hydrogens (tertiary/aromatic N) is 1. The molecule has 0 rings (SSSR count). The molecule has 0 aliphatic carbocycles. The molecule has 0 saturated carbocycles. The lowest BCUT2D eigenvalue weighted by atomic mass is 10.0. The zero-order valence-electron chi connectivity index (χ0n) is 31.0. The molecule has 0 saturated heterocycles. The van der Waals surface area contributed by atoms with Crippen LogP contribution in [0.3, 0.4) is 0 Å². The largest absolute Gasteiger partial charge is 0.756 e. The summed E-state index contributed by atoms with van der Waals surface area (Å²) < 4.78 is 32.9. The van der Waals surface area contributed by atoms with E-state index in [1.165, 1.54) is 109 Å². The molecule has 0 aromatic carbocycles. The van der Waals surface area contributed by atoms with Gasteiger partial charge in [0.2, 0.25) is 0 Å². The van der Waals surface area contributed by atoms with Crippen LogP contribution in [0.25, 0.3) is 0 Å². The SMILES string of the molecule is CCCCCCCCCC/C=C\CCCCCCCCCCCCCC(=O)OC(COC(=O)CC)COP(=O)([O-])OCC[N+](C)(C)C. The number of carbonyl (C=O) groups excluding carboxylic acids is 2.